The van der Waals surface area contributed by atoms with Gasteiger partial charge in [0.2, 0.25) is 0 Å². The predicted octanol–water partition coefficient (Wildman–Crippen LogP) is 5.70. The zero-order valence-corrected chi connectivity index (χ0v) is 16.4. The number of aromatic nitrogens is 3. The Morgan fingerprint density at radius 2 is 1.73 bits per heavy atom. The highest BCUT2D eigenvalue weighted by Crippen LogP contribution is 2.36. The molecular weight excluding hydrogens is 372 g/mol. The van der Waals surface area contributed by atoms with Crippen molar-refractivity contribution in [3.05, 3.63) is 78.4 Å². The van der Waals surface area contributed by atoms with Gasteiger partial charge in [0.15, 0.2) is 0 Å². The molecule has 0 aliphatic carbocycles. The Labute approximate surface area is 173 Å². The molecule has 1 aliphatic rings. The van der Waals surface area contributed by atoms with E-state index in [0.717, 1.165) is 56.1 Å². The Kier molecular flexibility index (Phi) is 3.68. The molecule has 144 valence electrons. The van der Waals surface area contributed by atoms with E-state index in [9.17, 15) is 0 Å². The summed E-state index contributed by atoms with van der Waals surface area (Å²) >= 11 is 0. The van der Waals surface area contributed by atoms with Crippen molar-refractivity contribution >= 4 is 33.8 Å². The molecule has 5 aromatic rings. The van der Waals surface area contributed by atoms with E-state index in [0.29, 0.717) is 6.61 Å². The summed E-state index contributed by atoms with van der Waals surface area (Å²) in [6.45, 7) is 2.60. The van der Waals surface area contributed by atoms with E-state index in [2.05, 4.69) is 22.8 Å². The first-order valence-corrected chi connectivity index (χ1v) is 10.0. The molecule has 0 bridgehead atoms. The molecule has 0 atom stereocenters. The summed E-state index contributed by atoms with van der Waals surface area (Å²) in [5.74, 6) is 2.48. The average molecular weight is 390 g/mol. The van der Waals surface area contributed by atoms with Gasteiger partial charge < -0.3 is 4.74 Å². The lowest BCUT2D eigenvalue weighted by atomic mass is 10.1. The fourth-order valence-corrected chi connectivity index (χ4v) is 4.02. The van der Waals surface area contributed by atoms with Crippen LogP contribution in [0.2, 0.25) is 0 Å². The normalized spacial score (nSPS) is 12.2. The smallest absolute Gasteiger partial charge is 0.149 e. The highest BCUT2D eigenvalue weighted by Gasteiger charge is 2.21. The Hall–Kier alpha value is -3.99. The van der Waals surface area contributed by atoms with Gasteiger partial charge in [-0.1, -0.05) is 24.3 Å². The van der Waals surface area contributed by atoms with Crippen LogP contribution in [0.4, 0.5) is 5.69 Å². The van der Waals surface area contributed by atoms with Gasteiger partial charge in [-0.15, -0.1) is 0 Å². The molecule has 0 saturated heterocycles. The highest BCUT2D eigenvalue weighted by molar-refractivity contribution is 5.97. The van der Waals surface area contributed by atoms with Gasteiger partial charge in [-0.05, 0) is 49.4 Å². The van der Waals surface area contributed by atoms with Gasteiger partial charge in [-0.3, -0.25) is 9.56 Å². The van der Waals surface area contributed by atoms with Crippen LogP contribution >= 0.6 is 0 Å². The molecule has 6 rings (SSSR count). The van der Waals surface area contributed by atoms with E-state index in [1.807, 2.05) is 67.7 Å². The second-order valence-corrected chi connectivity index (χ2v) is 7.22. The van der Waals surface area contributed by atoms with Crippen molar-refractivity contribution in [2.24, 2.45) is 4.99 Å². The van der Waals surface area contributed by atoms with Gasteiger partial charge in [-0.2, -0.15) is 0 Å². The number of hydrogen-bond donors (Lipinski definition) is 0. The first-order chi connectivity index (χ1) is 14.8. The van der Waals surface area contributed by atoms with Crippen molar-refractivity contribution in [2.45, 2.75) is 6.92 Å². The number of benzene rings is 3. The minimum Gasteiger partial charge on any atom is -0.494 e. The number of para-hydroxylation sites is 3. The molecule has 0 saturated carbocycles. The molecule has 0 fully saturated rings. The van der Waals surface area contributed by atoms with Crippen LogP contribution in [0.15, 0.2) is 77.8 Å². The molecule has 0 spiro atoms. The van der Waals surface area contributed by atoms with Gasteiger partial charge in [0.05, 0.1) is 28.8 Å². The average Bonchev–Trinajstić information content (AvgIpc) is 3.15. The second-order valence-electron chi connectivity index (χ2n) is 7.22. The molecule has 1 aliphatic heterocycles. The quantitative estimate of drug-likeness (QED) is 0.381. The minimum atomic E-state index is 0.621. The molecule has 0 radical (unpaired) electrons. The fraction of sp³-hybridized carbons (Fsp3) is 0.0800. The predicted molar refractivity (Wildman–Crippen MR) is 120 cm³/mol. The molecular formula is C25H18N4O. The number of pyridine rings is 1. The van der Waals surface area contributed by atoms with Crippen LogP contribution in [0.5, 0.6) is 5.75 Å². The van der Waals surface area contributed by atoms with Gasteiger partial charge >= 0.3 is 0 Å². The maximum Gasteiger partial charge on any atom is 0.149 e. The summed E-state index contributed by atoms with van der Waals surface area (Å²) < 4.78 is 7.83. The van der Waals surface area contributed by atoms with Crippen LogP contribution in [-0.2, 0) is 0 Å². The lowest BCUT2D eigenvalue weighted by Gasteiger charge is -2.16. The zero-order valence-electron chi connectivity index (χ0n) is 16.4. The van der Waals surface area contributed by atoms with Crippen LogP contribution in [0.25, 0.3) is 39.1 Å². The Morgan fingerprint density at radius 3 is 2.67 bits per heavy atom. The van der Waals surface area contributed by atoms with Gasteiger partial charge in [0.25, 0.3) is 0 Å². The SMILES string of the molecule is CCOc1ccc2cc3c(nc2c1)-n1c(nc2ccccc21)-c1ccccc1N=C3. The summed E-state index contributed by atoms with van der Waals surface area (Å²) in [6, 6.07) is 24.4. The number of nitrogens with zero attached hydrogens (tertiary/aromatic N) is 4. The summed E-state index contributed by atoms with van der Waals surface area (Å²) in [5, 5.41) is 1.04. The fourth-order valence-electron chi connectivity index (χ4n) is 4.02. The molecule has 0 N–H and O–H groups in total. The molecule has 5 nitrogen and oxygen atoms in total. The maximum absolute atomic E-state index is 5.69. The topological polar surface area (TPSA) is 52.3 Å². The van der Waals surface area contributed by atoms with Crippen LogP contribution in [0, 0.1) is 0 Å². The number of rotatable bonds is 2. The van der Waals surface area contributed by atoms with Gasteiger partial charge in [-0.25, -0.2) is 9.97 Å². The monoisotopic (exact) mass is 390 g/mol. The number of fused-ring (bicyclic) bond motifs is 8. The van der Waals surface area contributed by atoms with Crippen LogP contribution in [-0.4, -0.2) is 27.4 Å². The summed E-state index contributed by atoms with van der Waals surface area (Å²) in [4.78, 5) is 14.8. The van der Waals surface area contributed by atoms with Crippen molar-refractivity contribution in [3.63, 3.8) is 0 Å². The van der Waals surface area contributed by atoms with E-state index >= 15 is 0 Å². The van der Waals surface area contributed by atoms with E-state index in [4.69, 9.17) is 19.7 Å². The molecule has 3 heterocycles. The lowest BCUT2D eigenvalue weighted by molar-refractivity contribution is 0.340. The van der Waals surface area contributed by atoms with Crippen molar-refractivity contribution in [1.82, 2.24) is 14.5 Å². The minimum absolute atomic E-state index is 0.621. The van der Waals surface area contributed by atoms with Crippen LogP contribution in [0.3, 0.4) is 0 Å². The van der Waals surface area contributed by atoms with E-state index in [1.165, 1.54) is 0 Å². The maximum atomic E-state index is 5.69. The Balaban J connectivity index is 1.73. The third kappa shape index (κ3) is 2.52. The third-order valence-electron chi connectivity index (χ3n) is 5.37. The van der Waals surface area contributed by atoms with E-state index in [-0.39, 0.29) is 0 Å². The summed E-state index contributed by atoms with van der Waals surface area (Å²) in [6.07, 6.45) is 1.90. The summed E-state index contributed by atoms with van der Waals surface area (Å²) in [7, 11) is 0. The first-order valence-electron chi connectivity index (χ1n) is 10.0. The molecule has 2 aromatic heterocycles. The highest BCUT2D eigenvalue weighted by atomic mass is 16.5. The molecule has 0 unspecified atom stereocenters. The van der Waals surface area contributed by atoms with Crippen LogP contribution in [0.1, 0.15) is 12.5 Å². The van der Waals surface area contributed by atoms with Gasteiger partial charge in [0, 0.05) is 28.8 Å². The standard InChI is InChI=1S/C25H18N4O/c1-2-30-18-12-11-16-13-17-15-26-20-8-4-3-7-19(20)25-27-21-9-5-6-10-23(21)29(25)24(17)28-22(16)14-18/h3-15H,2H2,1H3. The van der Waals surface area contributed by atoms with Crippen molar-refractivity contribution in [3.8, 4) is 23.0 Å². The second kappa shape index (κ2) is 6.52. The number of aliphatic imine (C=N–C) groups is 1. The van der Waals surface area contributed by atoms with E-state index in [1.54, 1.807) is 0 Å². The first kappa shape index (κ1) is 16.9. The Morgan fingerprint density at radius 1 is 0.867 bits per heavy atom. The number of hydrogen-bond acceptors (Lipinski definition) is 4. The molecule has 3 aromatic carbocycles. The zero-order chi connectivity index (χ0) is 20.1. The molecule has 30 heavy (non-hydrogen) atoms. The van der Waals surface area contributed by atoms with Crippen molar-refractivity contribution in [1.29, 1.82) is 0 Å². The van der Waals surface area contributed by atoms with Gasteiger partial charge in [0.1, 0.15) is 17.4 Å². The lowest BCUT2D eigenvalue weighted by Crippen LogP contribution is -2.07. The Bertz CT molecular complexity index is 1470. The van der Waals surface area contributed by atoms with Crippen molar-refractivity contribution < 1.29 is 4.74 Å². The third-order valence-corrected chi connectivity index (χ3v) is 5.37. The number of ether oxygens (including phenoxy) is 1. The molecule has 5 heteroatoms. The van der Waals surface area contributed by atoms with Crippen molar-refractivity contribution in [2.75, 3.05) is 6.61 Å². The molecule has 0 amide bonds. The van der Waals surface area contributed by atoms with Crippen LogP contribution < -0.4 is 4.74 Å². The van der Waals surface area contributed by atoms with E-state index < -0.39 is 0 Å². The largest absolute Gasteiger partial charge is 0.494 e. The summed E-state index contributed by atoms with van der Waals surface area (Å²) in [5.41, 5.74) is 5.66. The number of imidazole rings is 1.